The molecule has 2 aliphatic heterocycles. The summed E-state index contributed by atoms with van der Waals surface area (Å²) in [5.74, 6) is -0.0954. The van der Waals surface area contributed by atoms with Crippen molar-refractivity contribution >= 4 is 11.8 Å². The van der Waals surface area contributed by atoms with Gasteiger partial charge in [0.1, 0.15) is 6.04 Å². The molecule has 0 aliphatic carbocycles. The molecule has 2 N–H and O–H groups in total. The van der Waals surface area contributed by atoms with Gasteiger partial charge in [0, 0.05) is 20.1 Å². The predicted octanol–water partition coefficient (Wildman–Crippen LogP) is -1.04. The van der Waals surface area contributed by atoms with E-state index in [0.717, 1.165) is 13.0 Å². The Bertz CT molecular complexity index is 339. The molecular weight excluding hydrogens is 234 g/mol. The van der Waals surface area contributed by atoms with Gasteiger partial charge in [0.05, 0.1) is 18.6 Å². The van der Waals surface area contributed by atoms with Crippen molar-refractivity contribution < 1.29 is 14.3 Å². The summed E-state index contributed by atoms with van der Waals surface area (Å²) in [6, 6.07) is -0.492. The summed E-state index contributed by atoms with van der Waals surface area (Å²) in [7, 11) is 1.58. The van der Waals surface area contributed by atoms with Crippen LogP contribution < -0.4 is 10.6 Å². The molecular formula is C12H21N3O3. The molecule has 6 heteroatoms. The molecule has 0 spiro atoms. The Morgan fingerprint density at radius 3 is 2.89 bits per heavy atom. The lowest BCUT2D eigenvalue weighted by Crippen LogP contribution is -2.58. The predicted molar refractivity (Wildman–Crippen MR) is 66.0 cm³/mol. The summed E-state index contributed by atoms with van der Waals surface area (Å²) in [6.07, 6.45) is 0.823. The van der Waals surface area contributed by atoms with E-state index in [-0.39, 0.29) is 23.8 Å². The van der Waals surface area contributed by atoms with Crippen LogP contribution in [-0.2, 0) is 14.3 Å². The number of ether oxygens (including phenoxy) is 1. The van der Waals surface area contributed by atoms with Crippen LogP contribution in [-0.4, -0.2) is 62.7 Å². The molecule has 2 atom stereocenters. The number of nitrogens with zero attached hydrogens (tertiary/aromatic N) is 1. The maximum Gasteiger partial charge on any atom is 0.244 e. The zero-order valence-corrected chi connectivity index (χ0v) is 11.0. The van der Waals surface area contributed by atoms with Crippen molar-refractivity contribution in [3.05, 3.63) is 0 Å². The number of carbonyl (C=O) groups is 2. The van der Waals surface area contributed by atoms with Crippen molar-refractivity contribution in [2.45, 2.75) is 19.4 Å². The average molecular weight is 255 g/mol. The minimum atomic E-state index is -0.492. The number of morpholine rings is 1. The molecule has 2 fully saturated rings. The molecule has 2 unspecified atom stereocenters. The van der Waals surface area contributed by atoms with Gasteiger partial charge in [-0.15, -0.1) is 0 Å². The van der Waals surface area contributed by atoms with E-state index in [0.29, 0.717) is 19.7 Å². The molecule has 0 bridgehead atoms. The number of amides is 2. The van der Waals surface area contributed by atoms with Gasteiger partial charge < -0.3 is 20.3 Å². The first-order chi connectivity index (χ1) is 8.58. The second-order valence-corrected chi connectivity index (χ2v) is 5.19. The summed E-state index contributed by atoms with van der Waals surface area (Å²) in [6.45, 7) is 4.79. The van der Waals surface area contributed by atoms with Crippen molar-refractivity contribution in [3.63, 3.8) is 0 Å². The third kappa shape index (κ3) is 2.35. The fourth-order valence-electron chi connectivity index (χ4n) is 2.58. The van der Waals surface area contributed by atoms with Crippen molar-refractivity contribution in [2.24, 2.45) is 5.41 Å². The lowest BCUT2D eigenvalue weighted by atomic mass is 9.87. The number of rotatable bonds is 2. The van der Waals surface area contributed by atoms with Crippen LogP contribution >= 0.6 is 0 Å². The van der Waals surface area contributed by atoms with E-state index in [1.807, 2.05) is 6.92 Å². The van der Waals surface area contributed by atoms with Crippen LogP contribution in [0.3, 0.4) is 0 Å². The van der Waals surface area contributed by atoms with Crippen LogP contribution in [0.1, 0.15) is 13.3 Å². The molecule has 102 valence electrons. The van der Waals surface area contributed by atoms with Crippen LogP contribution in [0, 0.1) is 5.41 Å². The minimum absolute atomic E-state index is 0.0596. The molecule has 2 amide bonds. The Morgan fingerprint density at radius 2 is 2.28 bits per heavy atom. The maximum atomic E-state index is 12.6. The van der Waals surface area contributed by atoms with Gasteiger partial charge in [-0.05, 0) is 19.9 Å². The highest BCUT2D eigenvalue weighted by molar-refractivity contribution is 5.90. The molecule has 0 saturated carbocycles. The fraction of sp³-hybridized carbons (Fsp3) is 0.833. The quantitative estimate of drug-likeness (QED) is 0.661. The van der Waals surface area contributed by atoms with Crippen LogP contribution in [0.25, 0.3) is 0 Å². The van der Waals surface area contributed by atoms with Gasteiger partial charge in [0.2, 0.25) is 11.8 Å². The molecule has 2 saturated heterocycles. The zero-order valence-electron chi connectivity index (χ0n) is 11.0. The smallest absolute Gasteiger partial charge is 0.244 e. The Balaban J connectivity index is 2.13. The summed E-state index contributed by atoms with van der Waals surface area (Å²) >= 11 is 0. The van der Waals surface area contributed by atoms with Gasteiger partial charge in [-0.1, -0.05) is 0 Å². The molecule has 0 radical (unpaired) electrons. The van der Waals surface area contributed by atoms with Crippen LogP contribution in [0.5, 0.6) is 0 Å². The van der Waals surface area contributed by atoms with E-state index in [9.17, 15) is 9.59 Å². The Labute approximate surface area is 107 Å². The van der Waals surface area contributed by atoms with Crippen molar-refractivity contribution in [1.82, 2.24) is 15.5 Å². The third-order valence-corrected chi connectivity index (χ3v) is 3.82. The van der Waals surface area contributed by atoms with Gasteiger partial charge in [0.25, 0.3) is 0 Å². The summed E-state index contributed by atoms with van der Waals surface area (Å²) in [4.78, 5) is 26.1. The molecule has 2 aliphatic rings. The number of hydrogen-bond acceptors (Lipinski definition) is 4. The van der Waals surface area contributed by atoms with Gasteiger partial charge in [-0.3, -0.25) is 9.59 Å². The Kier molecular flexibility index (Phi) is 3.87. The first-order valence-corrected chi connectivity index (χ1v) is 6.39. The van der Waals surface area contributed by atoms with Gasteiger partial charge >= 0.3 is 0 Å². The number of hydrogen-bond donors (Lipinski definition) is 2. The van der Waals surface area contributed by atoms with Crippen LogP contribution in [0.15, 0.2) is 0 Å². The summed E-state index contributed by atoms with van der Waals surface area (Å²) in [5, 5.41) is 5.81. The molecule has 2 heterocycles. The van der Waals surface area contributed by atoms with E-state index in [1.54, 1.807) is 11.9 Å². The maximum absolute atomic E-state index is 12.6. The van der Waals surface area contributed by atoms with Crippen molar-refractivity contribution in [1.29, 1.82) is 0 Å². The number of nitrogens with one attached hydrogen (secondary N) is 2. The van der Waals surface area contributed by atoms with Crippen molar-refractivity contribution in [3.8, 4) is 0 Å². The average Bonchev–Trinajstić information content (AvgIpc) is 2.85. The third-order valence-electron chi connectivity index (χ3n) is 3.82. The first kappa shape index (κ1) is 13.3. The highest BCUT2D eigenvalue weighted by Crippen LogP contribution is 2.28. The van der Waals surface area contributed by atoms with E-state index in [2.05, 4.69) is 10.6 Å². The molecule has 18 heavy (non-hydrogen) atoms. The Morgan fingerprint density at radius 1 is 1.50 bits per heavy atom. The largest absolute Gasteiger partial charge is 0.377 e. The standard InChI is InChI=1S/C12H21N3O3/c1-12(3-4-14-8-12)11(17)15-5-6-18-7-9(15)10(16)13-2/h9,14H,3-8H2,1-2H3,(H,13,16). The van der Waals surface area contributed by atoms with E-state index in [1.165, 1.54) is 0 Å². The van der Waals surface area contributed by atoms with Gasteiger partial charge in [0.15, 0.2) is 0 Å². The number of likely N-dealkylation sites (N-methyl/N-ethyl adjacent to an activating group) is 1. The minimum Gasteiger partial charge on any atom is -0.377 e. The van der Waals surface area contributed by atoms with Crippen molar-refractivity contribution in [2.75, 3.05) is 39.9 Å². The van der Waals surface area contributed by atoms with Crippen LogP contribution in [0.4, 0.5) is 0 Å². The molecule has 0 aromatic carbocycles. The fourth-order valence-corrected chi connectivity index (χ4v) is 2.58. The number of carbonyl (C=O) groups excluding carboxylic acids is 2. The van der Waals surface area contributed by atoms with E-state index in [4.69, 9.17) is 4.74 Å². The van der Waals surface area contributed by atoms with E-state index >= 15 is 0 Å². The Hall–Kier alpha value is -1.14. The molecule has 6 nitrogen and oxygen atoms in total. The summed E-state index contributed by atoms with van der Waals surface area (Å²) < 4.78 is 5.31. The second kappa shape index (κ2) is 5.24. The molecule has 2 rings (SSSR count). The monoisotopic (exact) mass is 255 g/mol. The topological polar surface area (TPSA) is 70.7 Å². The highest BCUT2D eigenvalue weighted by Gasteiger charge is 2.43. The first-order valence-electron chi connectivity index (χ1n) is 6.39. The molecule has 0 aromatic heterocycles. The van der Waals surface area contributed by atoms with Gasteiger partial charge in [-0.25, -0.2) is 0 Å². The highest BCUT2D eigenvalue weighted by atomic mass is 16.5. The zero-order chi connectivity index (χ0) is 13.2. The SMILES string of the molecule is CNC(=O)C1COCCN1C(=O)C1(C)CCNC1. The van der Waals surface area contributed by atoms with Gasteiger partial charge in [-0.2, -0.15) is 0 Å². The second-order valence-electron chi connectivity index (χ2n) is 5.19. The normalized spacial score (nSPS) is 32.3. The van der Waals surface area contributed by atoms with E-state index < -0.39 is 6.04 Å². The summed E-state index contributed by atoms with van der Waals surface area (Å²) in [5.41, 5.74) is -0.385. The molecule has 0 aromatic rings. The van der Waals surface area contributed by atoms with Crippen LogP contribution in [0.2, 0.25) is 0 Å². The lowest BCUT2D eigenvalue weighted by molar-refractivity contribution is -0.155. The lowest BCUT2D eigenvalue weighted by Gasteiger charge is -2.38.